The van der Waals surface area contributed by atoms with E-state index in [2.05, 4.69) is 45.0 Å². The van der Waals surface area contributed by atoms with E-state index in [0.29, 0.717) is 16.9 Å². The fourth-order valence-corrected chi connectivity index (χ4v) is 4.26. The van der Waals surface area contributed by atoms with E-state index >= 15 is 0 Å². The van der Waals surface area contributed by atoms with Crippen molar-refractivity contribution in [2.45, 2.75) is 79.8 Å². The Kier molecular flexibility index (Phi) is 4.27. The van der Waals surface area contributed by atoms with Crippen LogP contribution >= 0.6 is 0 Å². The second-order valence-corrected chi connectivity index (χ2v) is 8.33. The van der Waals surface area contributed by atoms with Crippen LogP contribution in [0.15, 0.2) is 0 Å². The summed E-state index contributed by atoms with van der Waals surface area (Å²) in [6.07, 6.45) is 4.72. The molecule has 1 aliphatic rings. The van der Waals surface area contributed by atoms with E-state index in [1.807, 2.05) is 11.6 Å². The first-order chi connectivity index (χ1) is 9.63. The molecule has 0 aliphatic heterocycles. The molecule has 1 aromatic rings. The number of nitrogens with one attached hydrogen (secondary N) is 1. The average molecular weight is 292 g/mol. The number of nitrogens with zero attached hydrogens (tertiary/aromatic N) is 2. The molecule has 0 bridgehead atoms. The van der Waals surface area contributed by atoms with Crippen LogP contribution in [0.1, 0.15) is 66.0 Å². The van der Waals surface area contributed by atoms with Crippen molar-refractivity contribution in [2.75, 3.05) is 11.1 Å². The lowest BCUT2D eigenvalue weighted by Gasteiger charge is -2.45. The van der Waals surface area contributed by atoms with Crippen molar-refractivity contribution in [3.05, 3.63) is 5.69 Å². The molecule has 1 saturated carbocycles. The lowest BCUT2D eigenvalue weighted by molar-refractivity contribution is 0.105. The Labute approximate surface area is 129 Å². The number of rotatable bonds is 4. The van der Waals surface area contributed by atoms with Crippen LogP contribution < -0.4 is 11.1 Å². The van der Waals surface area contributed by atoms with Gasteiger partial charge in [-0.15, -0.1) is 0 Å². The quantitative estimate of drug-likeness (QED) is 0.874. The Morgan fingerprint density at radius 3 is 2.33 bits per heavy atom. The van der Waals surface area contributed by atoms with E-state index in [4.69, 9.17) is 5.73 Å². The van der Waals surface area contributed by atoms with Gasteiger partial charge in [0.1, 0.15) is 5.82 Å². The molecule has 120 valence electrons. The van der Waals surface area contributed by atoms with Crippen LogP contribution in [0, 0.1) is 17.8 Å². The van der Waals surface area contributed by atoms with Crippen molar-refractivity contribution in [1.29, 1.82) is 0 Å². The van der Waals surface area contributed by atoms with Crippen LogP contribution in [0.2, 0.25) is 0 Å². The zero-order valence-electron chi connectivity index (χ0n) is 14.6. The van der Waals surface area contributed by atoms with Gasteiger partial charge in [-0.05, 0) is 43.4 Å². The van der Waals surface area contributed by atoms with Gasteiger partial charge in [0.25, 0.3) is 0 Å². The molecule has 0 aromatic carbocycles. The van der Waals surface area contributed by atoms with Gasteiger partial charge in [0.2, 0.25) is 0 Å². The minimum Gasteiger partial charge on any atom is -0.394 e. The molecule has 1 fully saturated rings. The fourth-order valence-electron chi connectivity index (χ4n) is 4.26. The van der Waals surface area contributed by atoms with Gasteiger partial charge in [0.05, 0.1) is 11.4 Å². The highest BCUT2D eigenvalue weighted by atomic mass is 15.3. The molecular weight excluding hydrogens is 260 g/mol. The second-order valence-electron chi connectivity index (χ2n) is 8.33. The van der Waals surface area contributed by atoms with Crippen molar-refractivity contribution in [3.63, 3.8) is 0 Å². The van der Waals surface area contributed by atoms with E-state index in [-0.39, 0.29) is 0 Å². The molecule has 2 rings (SSSR count). The zero-order chi connectivity index (χ0) is 15.8. The standard InChI is InChI=1S/C17H32N4/c1-7-8-21-15(14(18)12(2)20-21)19-13-9-16(3,4)11-17(5,6)10-13/h13,19H,7-11,18H2,1-6H3. The molecule has 0 atom stereocenters. The van der Waals surface area contributed by atoms with Gasteiger partial charge < -0.3 is 11.1 Å². The van der Waals surface area contributed by atoms with Gasteiger partial charge in [-0.25, -0.2) is 4.68 Å². The zero-order valence-corrected chi connectivity index (χ0v) is 14.6. The van der Waals surface area contributed by atoms with E-state index < -0.39 is 0 Å². The van der Waals surface area contributed by atoms with Crippen LogP contribution in [0.5, 0.6) is 0 Å². The first-order valence-corrected chi connectivity index (χ1v) is 8.23. The molecule has 3 N–H and O–H groups in total. The Hall–Kier alpha value is -1.19. The maximum Gasteiger partial charge on any atom is 0.148 e. The van der Waals surface area contributed by atoms with Gasteiger partial charge >= 0.3 is 0 Å². The van der Waals surface area contributed by atoms with E-state index in [1.165, 1.54) is 19.3 Å². The maximum absolute atomic E-state index is 6.24. The lowest BCUT2D eigenvalue weighted by atomic mass is 9.63. The van der Waals surface area contributed by atoms with Crippen molar-refractivity contribution in [1.82, 2.24) is 9.78 Å². The van der Waals surface area contributed by atoms with Gasteiger partial charge in [-0.3, -0.25) is 0 Å². The molecule has 0 spiro atoms. The Balaban J connectivity index is 2.21. The molecule has 1 aliphatic carbocycles. The van der Waals surface area contributed by atoms with Crippen LogP contribution in [0.25, 0.3) is 0 Å². The van der Waals surface area contributed by atoms with Crippen LogP contribution in [0.4, 0.5) is 11.5 Å². The van der Waals surface area contributed by atoms with E-state index in [9.17, 15) is 0 Å². The summed E-state index contributed by atoms with van der Waals surface area (Å²) in [6, 6.07) is 0.470. The molecule has 4 heteroatoms. The third-order valence-electron chi connectivity index (χ3n) is 4.51. The molecule has 21 heavy (non-hydrogen) atoms. The first-order valence-electron chi connectivity index (χ1n) is 8.23. The van der Waals surface area contributed by atoms with Crippen molar-refractivity contribution >= 4 is 11.5 Å². The Morgan fingerprint density at radius 2 is 1.81 bits per heavy atom. The average Bonchev–Trinajstić information content (AvgIpc) is 2.53. The van der Waals surface area contributed by atoms with E-state index in [0.717, 1.165) is 30.2 Å². The number of hydrogen-bond donors (Lipinski definition) is 2. The minimum atomic E-state index is 0.374. The molecule has 4 nitrogen and oxygen atoms in total. The third kappa shape index (κ3) is 3.72. The largest absolute Gasteiger partial charge is 0.394 e. The molecule has 0 saturated heterocycles. The van der Waals surface area contributed by atoms with Gasteiger partial charge in [-0.2, -0.15) is 5.10 Å². The summed E-state index contributed by atoms with van der Waals surface area (Å²) in [5.41, 5.74) is 8.73. The second kappa shape index (κ2) is 5.54. The number of aromatic nitrogens is 2. The third-order valence-corrected chi connectivity index (χ3v) is 4.51. The number of aryl methyl sites for hydroxylation is 2. The molecule has 0 unspecified atom stereocenters. The summed E-state index contributed by atoms with van der Waals surface area (Å²) < 4.78 is 2.04. The van der Waals surface area contributed by atoms with Gasteiger partial charge in [-0.1, -0.05) is 34.6 Å². The Morgan fingerprint density at radius 1 is 1.24 bits per heavy atom. The highest BCUT2D eigenvalue weighted by Crippen LogP contribution is 2.46. The smallest absolute Gasteiger partial charge is 0.148 e. The summed E-state index contributed by atoms with van der Waals surface area (Å²) >= 11 is 0. The molecular formula is C17H32N4. The van der Waals surface area contributed by atoms with Crippen molar-refractivity contribution in [2.24, 2.45) is 10.8 Å². The predicted molar refractivity (Wildman–Crippen MR) is 90.5 cm³/mol. The minimum absolute atomic E-state index is 0.374. The summed E-state index contributed by atoms with van der Waals surface area (Å²) in [4.78, 5) is 0. The van der Waals surface area contributed by atoms with E-state index in [1.54, 1.807) is 0 Å². The van der Waals surface area contributed by atoms with Crippen molar-refractivity contribution < 1.29 is 0 Å². The maximum atomic E-state index is 6.24. The normalized spacial score (nSPS) is 21.4. The highest BCUT2D eigenvalue weighted by molar-refractivity contribution is 5.65. The predicted octanol–water partition coefficient (Wildman–Crippen LogP) is 4.20. The number of anilines is 2. The number of nitrogens with two attached hydrogens (primary N) is 1. The molecule has 0 amide bonds. The summed E-state index contributed by atoms with van der Waals surface area (Å²) in [5, 5.41) is 8.28. The molecule has 0 radical (unpaired) electrons. The monoisotopic (exact) mass is 292 g/mol. The summed E-state index contributed by atoms with van der Waals surface area (Å²) in [6.45, 7) is 14.6. The first kappa shape index (κ1) is 16.2. The van der Waals surface area contributed by atoms with Crippen LogP contribution in [-0.2, 0) is 6.54 Å². The van der Waals surface area contributed by atoms with Gasteiger partial charge in [0.15, 0.2) is 0 Å². The summed E-state index contributed by atoms with van der Waals surface area (Å²) in [5.74, 6) is 1.02. The van der Waals surface area contributed by atoms with Gasteiger partial charge in [0, 0.05) is 12.6 Å². The molecule has 1 aromatic heterocycles. The number of nitrogen functional groups attached to an aromatic ring is 1. The molecule has 1 heterocycles. The number of hydrogen-bond acceptors (Lipinski definition) is 3. The van der Waals surface area contributed by atoms with Crippen LogP contribution in [0.3, 0.4) is 0 Å². The topological polar surface area (TPSA) is 55.9 Å². The highest BCUT2D eigenvalue weighted by Gasteiger charge is 2.38. The summed E-state index contributed by atoms with van der Waals surface area (Å²) in [7, 11) is 0. The lowest BCUT2D eigenvalue weighted by Crippen LogP contribution is -2.40. The van der Waals surface area contributed by atoms with Crippen molar-refractivity contribution in [3.8, 4) is 0 Å². The van der Waals surface area contributed by atoms with Crippen LogP contribution in [-0.4, -0.2) is 15.8 Å². The Bertz CT molecular complexity index is 483. The SMILES string of the molecule is CCCn1nc(C)c(N)c1NC1CC(C)(C)CC(C)(C)C1. The fraction of sp³-hybridized carbons (Fsp3) is 0.824.